The van der Waals surface area contributed by atoms with Crippen molar-refractivity contribution in [1.82, 2.24) is 29.4 Å². The monoisotopic (exact) mass is 373 g/mol. The summed E-state index contributed by atoms with van der Waals surface area (Å²) >= 11 is 0. The average molecular weight is 373 g/mol. The summed E-state index contributed by atoms with van der Waals surface area (Å²) < 4.78 is 42.1. The van der Waals surface area contributed by atoms with E-state index in [1.54, 1.807) is 10.9 Å². The van der Waals surface area contributed by atoms with Gasteiger partial charge in [-0.1, -0.05) is 18.2 Å². The lowest BCUT2D eigenvalue weighted by Crippen LogP contribution is -2.13. The fourth-order valence-electron chi connectivity index (χ4n) is 2.71. The topological polar surface area (TPSA) is 72.9 Å². The van der Waals surface area contributed by atoms with Gasteiger partial charge in [-0.2, -0.15) is 32.9 Å². The zero-order chi connectivity index (χ0) is 19.0. The lowest BCUT2D eigenvalue weighted by atomic mass is 10.1. The number of aromatic nitrogens is 6. The molecule has 0 atom stereocenters. The molecule has 0 aliphatic heterocycles. The number of halogens is 3. The Morgan fingerprint density at radius 2 is 1.96 bits per heavy atom. The number of hydrogen-bond donors (Lipinski definition) is 1. The Bertz CT molecular complexity index is 1100. The number of aryl methyl sites for hydroxylation is 1. The van der Waals surface area contributed by atoms with Gasteiger partial charge in [0.1, 0.15) is 12.1 Å². The number of fused-ring (bicyclic) bond motifs is 1. The van der Waals surface area contributed by atoms with Crippen LogP contribution in [0.1, 0.15) is 11.3 Å². The second-order valence-electron chi connectivity index (χ2n) is 5.95. The SMILES string of the molecule is Cn1cc(-c2cccc(CNc3cc(C(F)(F)F)nc4ncnn34)c2)cn1. The van der Waals surface area contributed by atoms with Crippen molar-refractivity contribution in [1.29, 1.82) is 0 Å². The Balaban J connectivity index is 1.61. The molecular formula is C17H14F3N7. The molecule has 3 aromatic heterocycles. The van der Waals surface area contributed by atoms with E-state index in [0.29, 0.717) is 6.54 Å². The van der Waals surface area contributed by atoms with Gasteiger partial charge in [0.05, 0.1) is 6.20 Å². The molecule has 7 nitrogen and oxygen atoms in total. The van der Waals surface area contributed by atoms with E-state index in [4.69, 9.17) is 0 Å². The lowest BCUT2D eigenvalue weighted by molar-refractivity contribution is -0.141. The summed E-state index contributed by atoms with van der Waals surface area (Å²) in [6.45, 7) is 0.310. The third-order valence-corrected chi connectivity index (χ3v) is 3.98. The van der Waals surface area contributed by atoms with E-state index in [9.17, 15) is 13.2 Å². The summed E-state index contributed by atoms with van der Waals surface area (Å²) in [7, 11) is 1.83. The van der Waals surface area contributed by atoms with Crippen LogP contribution in [0.5, 0.6) is 0 Å². The Morgan fingerprint density at radius 3 is 2.70 bits per heavy atom. The zero-order valence-corrected chi connectivity index (χ0v) is 14.1. The van der Waals surface area contributed by atoms with Crippen molar-refractivity contribution < 1.29 is 13.2 Å². The van der Waals surface area contributed by atoms with Crippen molar-refractivity contribution >= 4 is 11.6 Å². The van der Waals surface area contributed by atoms with Crippen LogP contribution in [-0.4, -0.2) is 29.4 Å². The number of alkyl halides is 3. The molecule has 1 N–H and O–H groups in total. The van der Waals surface area contributed by atoms with E-state index in [1.807, 2.05) is 37.5 Å². The van der Waals surface area contributed by atoms with Gasteiger partial charge in [0.25, 0.3) is 5.78 Å². The van der Waals surface area contributed by atoms with Gasteiger partial charge < -0.3 is 5.32 Å². The highest BCUT2D eigenvalue weighted by Crippen LogP contribution is 2.29. The summed E-state index contributed by atoms with van der Waals surface area (Å²) in [4.78, 5) is 7.25. The van der Waals surface area contributed by atoms with Gasteiger partial charge in [-0.3, -0.25) is 4.68 Å². The van der Waals surface area contributed by atoms with Crippen molar-refractivity contribution in [3.05, 3.63) is 60.3 Å². The molecule has 0 aliphatic rings. The number of hydrogen-bond acceptors (Lipinski definition) is 5. The smallest absolute Gasteiger partial charge is 0.366 e. The summed E-state index contributed by atoms with van der Waals surface area (Å²) in [5.74, 6) is 0.0491. The molecular weight excluding hydrogens is 359 g/mol. The number of nitrogens with zero attached hydrogens (tertiary/aromatic N) is 6. The molecule has 0 fully saturated rings. The molecule has 4 aromatic rings. The molecule has 10 heteroatoms. The maximum Gasteiger partial charge on any atom is 0.433 e. The van der Waals surface area contributed by atoms with Gasteiger partial charge in [0.2, 0.25) is 0 Å². The van der Waals surface area contributed by atoms with E-state index in [1.165, 1.54) is 4.52 Å². The number of rotatable bonds is 4. The normalized spacial score (nSPS) is 11.9. The standard InChI is InChI=1S/C17H14F3N7/c1-26-9-13(8-23-26)12-4-2-3-11(5-12)7-21-15-6-14(17(18,19)20)25-16-22-10-24-27(15)16/h2-6,8-10,21H,7H2,1H3. The highest BCUT2D eigenvalue weighted by molar-refractivity contribution is 5.62. The van der Waals surface area contributed by atoms with Crippen LogP contribution in [0.25, 0.3) is 16.9 Å². The van der Waals surface area contributed by atoms with Crippen LogP contribution in [-0.2, 0) is 19.8 Å². The summed E-state index contributed by atoms with van der Waals surface area (Å²) in [6, 6.07) is 8.60. The van der Waals surface area contributed by atoms with Gasteiger partial charge >= 0.3 is 6.18 Å². The summed E-state index contributed by atoms with van der Waals surface area (Å²) in [6.07, 6.45) is 0.245. The molecule has 0 spiro atoms. The minimum atomic E-state index is -4.57. The molecule has 0 amide bonds. The number of nitrogens with one attached hydrogen (secondary N) is 1. The van der Waals surface area contributed by atoms with Gasteiger partial charge in [-0.25, -0.2) is 4.98 Å². The summed E-state index contributed by atoms with van der Waals surface area (Å²) in [5.41, 5.74) is 1.81. The molecule has 0 bridgehead atoms. The van der Waals surface area contributed by atoms with E-state index in [-0.39, 0.29) is 11.6 Å². The van der Waals surface area contributed by atoms with Crippen molar-refractivity contribution in [2.45, 2.75) is 12.7 Å². The quantitative estimate of drug-likeness (QED) is 0.595. The van der Waals surface area contributed by atoms with Crippen LogP contribution in [0.3, 0.4) is 0 Å². The number of benzene rings is 1. The van der Waals surface area contributed by atoms with E-state index in [2.05, 4.69) is 25.5 Å². The minimum absolute atomic E-state index is 0.114. The summed E-state index contributed by atoms with van der Waals surface area (Å²) in [5, 5.41) is 11.1. The predicted molar refractivity (Wildman–Crippen MR) is 91.8 cm³/mol. The van der Waals surface area contributed by atoms with Crippen LogP contribution in [0.4, 0.5) is 19.0 Å². The van der Waals surface area contributed by atoms with E-state index < -0.39 is 11.9 Å². The molecule has 0 aliphatic carbocycles. The first-order chi connectivity index (χ1) is 12.9. The maximum atomic E-state index is 13.1. The highest BCUT2D eigenvalue weighted by Gasteiger charge is 2.34. The first-order valence-corrected chi connectivity index (χ1v) is 8.00. The molecule has 0 saturated heterocycles. The first kappa shape index (κ1) is 17.0. The number of anilines is 1. The fourth-order valence-corrected chi connectivity index (χ4v) is 2.71. The lowest BCUT2D eigenvalue weighted by Gasteiger charge is -2.12. The maximum absolute atomic E-state index is 13.1. The second-order valence-corrected chi connectivity index (χ2v) is 5.95. The molecule has 3 heterocycles. The molecule has 0 unspecified atom stereocenters. The molecule has 27 heavy (non-hydrogen) atoms. The van der Waals surface area contributed by atoms with Crippen molar-refractivity contribution in [2.75, 3.05) is 5.32 Å². The Labute approximate surface area is 151 Å². The Kier molecular flexibility index (Phi) is 4.02. The molecule has 0 radical (unpaired) electrons. The van der Waals surface area contributed by atoms with Crippen molar-refractivity contribution in [3.8, 4) is 11.1 Å². The third-order valence-electron chi connectivity index (χ3n) is 3.98. The van der Waals surface area contributed by atoms with Crippen LogP contribution >= 0.6 is 0 Å². The fraction of sp³-hybridized carbons (Fsp3) is 0.176. The average Bonchev–Trinajstić information content (AvgIpc) is 3.27. The van der Waals surface area contributed by atoms with Crippen LogP contribution in [0, 0.1) is 0 Å². The zero-order valence-electron chi connectivity index (χ0n) is 14.1. The van der Waals surface area contributed by atoms with Crippen LogP contribution in [0.15, 0.2) is 49.1 Å². The van der Waals surface area contributed by atoms with Crippen LogP contribution < -0.4 is 5.32 Å². The molecule has 1 aromatic carbocycles. The minimum Gasteiger partial charge on any atom is -0.366 e. The predicted octanol–water partition coefficient (Wildman–Crippen LogP) is 3.16. The Morgan fingerprint density at radius 1 is 1.11 bits per heavy atom. The van der Waals surface area contributed by atoms with Gasteiger partial charge in [-0.05, 0) is 17.2 Å². The molecule has 138 valence electrons. The van der Waals surface area contributed by atoms with Gasteiger partial charge in [0, 0.05) is 31.4 Å². The highest BCUT2D eigenvalue weighted by atomic mass is 19.4. The second kappa shape index (κ2) is 6.38. The first-order valence-electron chi connectivity index (χ1n) is 8.00. The largest absolute Gasteiger partial charge is 0.433 e. The van der Waals surface area contributed by atoms with Crippen molar-refractivity contribution in [2.24, 2.45) is 7.05 Å². The molecule has 0 saturated carbocycles. The van der Waals surface area contributed by atoms with Gasteiger partial charge in [0.15, 0.2) is 5.69 Å². The van der Waals surface area contributed by atoms with Crippen LogP contribution in [0.2, 0.25) is 0 Å². The van der Waals surface area contributed by atoms with E-state index >= 15 is 0 Å². The molecule has 4 rings (SSSR count). The Hall–Kier alpha value is -3.43. The van der Waals surface area contributed by atoms with Gasteiger partial charge in [-0.15, -0.1) is 0 Å². The van der Waals surface area contributed by atoms with Crippen molar-refractivity contribution in [3.63, 3.8) is 0 Å². The van der Waals surface area contributed by atoms with E-state index in [0.717, 1.165) is 29.1 Å². The third kappa shape index (κ3) is 3.46.